The van der Waals surface area contributed by atoms with Crippen LogP contribution in [0.4, 0.5) is 5.88 Å². The minimum Gasteiger partial charge on any atom is -0.475 e. The lowest BCUT2D eigenvalue weighted by molar-refractivity contribution is 0.0663. The van der Waals surface area contributed by atoms with Crippen LogP contribution in [0.1, 0.15) is 28.1 Å². The lowest BCUT2D eigenvalue weighted by atomic mass is 9.88. The zero-order chi connectivity index (χ0) is 13.2. The van der Waals surface area contributed by atoms with Crippen molar-refractivity contribution in [3.8, 4) is 0 Å². The molecule has 1 aliphatic rings. The van der Waals surface area contributed by atoms with Gasteiger partial charge in [0.2, 0.25) is 5.76 Å². The van der Waals surface area contributed by atoms with Gasteiger partial charge >= 0.3 is 5.97 Å². The second-order valence-corrected chi connectivity index (χ2v) is 4.82. The quantitative estimate of drug-likeness (QED) is 0.887. The average molecular weight is 257 g/mol. The molecule has 1 aromatic heterocycles. The van der Waals surface area contributed by atoms with Crippen LogP contribution < -0.4 is 5.32 Å². The number of carbonyl (C=O) groups is 1. The van der Waals surface area contributed by atoms with Gasteiger partial charge in [-0.25, -0.2) is 4.79 Å². The van der Waals surface area contributed by atoms with E-state index in [-0.39, 0.29) is 5.76 Å². The Morgan fingerprint density at radius 1 is 1.21 bits per heavy atom. The number of carboxylic acid groups (broad SMARTS) is 1. The molecule has 0 saturated carbocycles. The molecule has 0 bridgehead atoms. The van der Waals surface area contributed by atoms with Crippen molar-refractivity contribution in [3.05, 3.63) is 53.3 Å². The Morgan fingerprint density at radius 3 is 2.74 bits per heavy atom. The van der Waals surface area contributed by atoms with Gasteiger partial charge in [0.25, 0.3) is 0 Å². The van der Waals surface area contributed by atoms with Gasteiger partial charge in [-0.15, -0.1) is 0 Å². The molecule has 98 valence electrons. The van der Waals surface area contributed by atoms with Crippen molar-refractivity contribution in [2.24, 2.45) is 0 Å². The number of fused-ring (bicyclic) bond motifs is 1. The van der Waals surface area contributed by atoms with Gasteiger partial charge in [0.05, 0.1) is 0 Å². The van der Waals surface area contributed by atoms with E-state index < -0.39 is 5.97 Å². The largest absolute Gasteiger partial charge is 0.475 e. The standard InChI is InChI=1S/C15H15NO3/c17-15(18)13-7-8-14(19-13)16-12-6-5-10-3-1-2-4-11(10)9-12/h1-4,7-8,12,16H,5-6,9H2,(H,17,18). The average Bonchev–Trinajstić information content (AvgIpc) is 2.87. The zero-order valence-electron chi connectivity index (χ0n) is 10.4. The molecule has 0 spiro atoms. The van der Waals surface area contributed by atoms with Crippen LogP contribution in [0.3, 0.4) is 0 Å². The summed E-state index contributed by atoms with van der Waals surface area (Å²) >= 11 is 0. The second kappa shape index (κ2) is 4.80. The van der Waals surface area contributed by atoms with E-state index in [9.17, 15) is 4.79 Å². The van der Waals surface area contributed by atoms with Crippen molar-refractivity contribution in [2.75, 3.05) is 5.32 Å². The summed E-state index contributed by atoms with van der Waals surface area (Å²) in [7, 11) is 0. The van der Waals surface area contributed by atoms with Crippen molar-refractivity contribution in [2.45, 2.75) is 25.3 Å². The molecule has 0 fully saturated rings. The topological polar surface area (TPSA) is 62.5 Å². The molecule has 19 heavy (non-hydrogen) atoms. The van der Waals surface area contributed by atoms with E-state index in [1.165, 1.54) is 17.2 Å². The summed E-state index contributed by atoms with van der Waals surface area (Å²) in [5.41, 5.74) is 2.77. The Hall–Kier alpha value is -2.23. The molecule has 0 radical (unpaired) electrons. The van der Waals surface area contributed by atoms with Gasteiger partial charge in [0, 0.05) is 12.1 Å². The minimum absolute atomic E-state index is 0.0290. The number of carboxylic acids is 1. The Balaban J connectivity index is 1.70. The molecule has 4 nitrogen and oxygen atoms in total. The van der Waals surface area contributed by atoms with E-state index in [0.29, 0.717) is 11.9 Å². The molecule has 0 saturated heterocycles. The molecule has 1 heterocycles. The molecule has 0 amide bonds. The number of aryl methyl sites for hydroxylation is 1. The number of anilines is 1. The van der Waals surface area contributed by atoms with Gasteiger partial charge < -0.3 is 14.8 Å². The molecule has 2 N–H and O–H groups in total. The van der Waals surface area contributed by atoms with Gasteiger partial charge in [-0.1, -0.05) is 24.3 Å². The monoisotopic (exact) mass is 257 g/mol. The van der Waals surface area contributed by atoms with E-state index in [0.717, 1.165) is 19.3 Å². The van der Waals surface area contributed by atoms with Crippen LogP contribution >= 0.6 is 0 Å². The third-order valence-corrected chi connectivity index (χ3v) is 3.51. The first kappa shape index (κ1) is 11.8. The van der Waals surface area contributed by atoms with E-state index in [1.54, 1.807) is 6.07 Å². The Morgan fingerprint density at radius 2 is 2.00 bits per heavy atom. The first-order chi connectivity index (χ1) is 9.22. The molecular weight excluding hydrogens is 242 g/mol. The highest BCUT2D eigenvalue weighted by Crippen LogP contribution is 2.24. The fourth-order valence-electron chi connectivity index (χ4n) is 2.55. The zero-order valence-corrected chi connectivity index (χ0v) is 10.4. The predicted molar refractivity (Wildman–Crippen MR) is 71.5 cm³/mol. The second-order valence-electron chi connectivity index (χ2n) is 4.82. The molecular formula is C15H15NO3. The van der Waals surface area contributed by atoms with Crippen LogP contribution in [0.2, 0.25) is 0 Å². The number of hydrogen-bond donors (Lipinski definition) is 2. The Labute approximate surface area is 111 Å². The van der Waals surface area contributed by atoms with E-state index in [4.69, 9.17) is 9.52 Å². The highest BCUT2D eigenvalue weighted by molar-refractivity contribution is 5.84. The maximum Gasteiger partial charge on any atom is 0.371 e. The smallest absolute Gasteiger partial charge is 0.371 e. The van der Waals surface area contributed by atoms with Crippen molar-refractivity contribution >= 4 is 11.9 Å². The molecule has 0 aliphatic heterocycles. The molecule has 1 unspecified atom stereocenters. The van der Waals surface area contributed by atoms with E-state index in [1.807, 2.05) is 0 Å². The van der Waals surface area contributed by atoms with E-state index >= 15 is 0 Å². The van der Waals surface area contributed by atoms with Gasteiger partial charge in [-0.3, -0.25) is 0 Å². The Kier molecular flexibility index (Phi) is 2.99. The first-order valence-electron chi connectivity index (χ1n) is 6.39. The van der Waals surface area contributed by atoms with Gasteiger partial charge in [0.1, 0.15) is 0 Å². The van der Waals surface area contributed by atoms with Crippen LogP contribution in [0.15, 0.2) is 40.8 Å². The van der Waals surface area contributed by atoms with Crippen LogP contribution in [0.5, 0.6) is 0 Å². The third kappa shape index (κ3) is 2.47. The molecule has 1 aromatic carbocycles. The van der Waals surface area contributed by atoms with Gasteiger partial charge in [0.15, 0.2) is 5.88 Å². The summed E-state index contributed by atoms with van der Waals surface area (Å²) in [6, 6.07) is 11.9. The summed E-state index contributed by atoms with van der Waals surface area (Å²) in [5.74, 6) is -0.539. The van der Waals surface area contributed by atoms with Crippen molar-refractivity contribution in [1.82, 2.24) is 0 Å². The Bertz CT molecular complexity index is 603. The lowest BCUT2D eigenvalue weighted by Crippen LogP contribution is -2.27. The number of rotatable bonds is 3. The van der Waals surface area contributed by atoms with Gasteiger partial charge in [-0.2, -0.15) is 0 Å². The summed E-state index contributed by atoms with van der Waals surface area (Å²) in [6.07, 6.45) is 3.01. The molecule has 1 aliphatic carbocycles. The number of benzene rings is 1. The summed E-state index contributed by atoms with van der Waals surface area (Å²) in [4.78, 5) is 10.7. The van der Waals surface area contributed by atoms with Crippen molar-refractivity contribution < 1.29 is 14.3 Å². The maximum absolute atomic E-state index is 10.7. The highest BCUT2D eigenvalue weighted by atomic mass is 16.4. The van der Waals surface area contributed by atoms with E-state index in [2.05, 4.69) is 29.6 Å². The van der Waals surface area contributed by atoms with Crippen LogP contribution in [0, 0.1) is 0 Å². The van der Waals surface area contributed by atoms with Crippen LogP contribution in [0.25, 0.3) is 0 Å². The number of hydrogen-bond acceptors (Lipinski definition) is 3. The predicted octanol–water partition coefficient (Wildman–Crippen LogP) is 2.95. The lowest BCUT2D eigenvalue weighted by Gasteiger charge is -2.25. The number of nitrogens with one attached hydrogen (secondary N) is 1. The summed E-state index contributed by atoms with van der Waals surface area (Å²) in [6.45, 7) is 0. The highest BCUT2D eigenvalue weighted by Gasteiger charge is 2.19. The van der Waals surface area contributed by atoms with Crippen LogP contribution in [-0.4, -0.2) is 17.1 Å². The summed E-state index contributed by atoms with van der Waals surface area (Å²) in [5, 5.41) is 12.1. The van der Waals surface area contributed by atoms with Crippen molar-refractivity contribution in [1.29, 1.82) is 0 Å². The molecule has 4 heteroatoms. The molecule has 1 atom stereocenters. The van der Waals surface area contributed by atoms with Crippen molar-refractivity contribution in [3.63, 3.8) is 0 Å². The first-order valence-corrected chi connectivity index (χ1v) is 6.39. The minimum atomic E-state index is -1.04. The normalized spacial score (nSPS) is 17.8. The van der Waals surface area contributed by atoms with Crippen LogP contribution in [-0.2, 0) is 12.8 Å². The molecule has 2 aromatic rings. The number of aromatic carboxylic acids is 1. The van der Waals surface area contributed by atoms with Gasteiger partial charge in [-0.05, 0) is 36.5 Å². The fourth-order valence-corrected chi connectivity index (χ4v) is 2.55. The summed E-state index contributed by atoms with van der Waals surface area (Å²) < 4.78 is 5.23. The fraction of sp³-hybridized carbons (Fsp3) is 0.267. The maximum atomic E-state index is 10.7. The SMILES string of the molecule is O=C(O)c1ccc(NC2CCc3ccccc3C2)o1. The number of furan rings is 1. The molecule has 3 rings (SSSR count). The third-order valence-electron chi connectivity index (χ3n) is 3.51.